The van der Waals surface area contributed by atoms with Gasteiger partial charge in [-0.25, -0.2) is 4.79 Å². The number of amides is 2. The molecule has 114 valence electrons. The van der Waals surface area contributed by atoms with Gasteiger partial charge < -0.3 is 20.2 Å². The summed E-state index contributed by atoms with van der Waals surface area (Å²) in [4.78, 5) is 34.2. The second-order valence-electron chi connectivity index (χ2n) is 5.14. The molecule has 1 fully saturated rings. The number of carboxylic acid groups (broad SMARTS) is 1. The lowest BCUT2D eigenvalue weighted by Crippen LogP contribution is -2.40. The Morgan fingerprint density at radius 1 is 1.24 bits per heavy atom. The fourth-order valence-electron chi connectivity index (χ4n) is 2.53. The van der Waals surface area contributed by atoms with Crippen molar-refractivity contribution in [3.8, 4) is 0 Å². The molecule has 1 aromatic rings. The van der Waals surface area contributed by atoms with Crippen LogP contribution in [0.15, 0.2) is 16.7 Å². The van der Waals surface area contributed by atoms with Crippen LogP contribution in [0.1, 0.15) is 46.6 Å². The van der Waals surface area contributed by atoms with Crippen molar-refractivity contribution in [3.05, 3.63) is 23.7 Å². The van der Waals surface area contributed by atoms with E-state index in [4.69, 9.17) is 9.52 Å². The first-order valence-corrected chi connectivity index (χ1v) is 6.85. The van der Waals surface area contributed by atoms with Crippen molar-refractivity contribution in [1.29, 1.82) is 0 Å². The molecular formula is C14H18N2O5. The van der Waals surface area contributed by atoms with E-state index in [1.54, 1.807) is 7.05 Å². The van der Waals surface area contributed by atoms with Gasteiger partial charge in [0, 0.05) is 25.1 Å². The second kappa shape index (κ2) is 6.43. The molecule has 3 N–H and O–H groups in total. The van der Waals surface area contributed by atoms with Gasteiger partial charge in [-0.05, 0) is 25.7 Å². The quantitative estimate of drug-likeness (QED) is 0.768. The number of carbonyl (C=O) groups excluding carboxylic acids is 2. The van der Waals surface area contributed by atoms with Crippen LogP contribution in [0.4, 0.5) is 0 Å². The van der Waals surface area contributed by atoms with Crippen molar-refractivity contribution in [1.82, 2.24) is 10.6 Å². The Bertz CT molecular complexity index is 543. The third kappa shape index (κ3) is 3.62. The molecule has 2 rings (SSSR count). The van der Waals surface area contributed by atoms with Gasteiger partial charge >= 0.3 is 5.97 Å². The summed E-state index contributed by atoms with van der Waals surface area (Å²) >= 11 is 0. The molecule has 0 saturated heterocycles. The second-order valence-corrected chi connectivity index (χ2v) is 5.14. The monoisotopic (exact) mass is 294 g/mol. The maximum Gasteiger partial charge on any atom is 0.338 e. The van der Waals surface area contributed by atoms with Crippen LogP contribution in [0, 0.1) is 5.92 Å². The van der Waals surface area contributed by atoms with Crippen LogP contribution in [0.5, 0.6) is 0 Å². The van der Waals surface area contributed by atoms with E-state index in [0.29, 0.717) is 0 Å². The Labute approximate surface area is 121 Å². The van der Waals surface area contributed by atoms with Gasteiger partial charge in [0.05, 0.1) is 5.56 Å². The zero-order chi connectivity index (χ0) is 15.4. The molecule has 2 amide bonds. The molecule has 1 aliphatic carbocycles. The van der Waals surface area contributed by atoms with Crippen molar-refractivity contribution in [2.45, 2.75) is 31.7 Å². The Morgan fingerprint density at radius 2 is 1.90 bits per heavy atom. The number of hydrogen-bond acceptors (Lipinski definition) is 4. The zero-order valence-electron chi connectivity index (χ0n) is 11.7. The molecule has 0 aromatic carbocycles. The van der Waals surface area contributed by atoms with Crippen LogP contribution in [0.25, 0.3) is 0 Å². The molecule has 7 nitrogen and oxygen atoms in total. The number of rotatable bonds is 4. The first-order chi connectivity index (χ1) is 10.0. The number of carboxylic acids is 1. The Kier molecular flexibility index (Phi) is 4.62. The third-order valence-corrected chi connectivity index (χ3v) is 3.75. The predicted octanol–water partition coefficient (Wildman–Crippen LogP) is 1.01. The molecule has 0 radical (unpaired) electrons. The first kappa shape index (κ1) is 15.1. The van der Waals surface area contributed by atoms with Gasteiger partial charge in [-0.3, -0.25) is 9.59 Å². The molecule has 1 heterocycles. The van der Waals surface area contributed by atoms with Gasteiger partial charge in [-0.2, -0.15) is 0 Å². The van der Waals surface area contributed by atoms with Crippen molar-refractivity contribution < 1.29 is 23.9 Å². The van der Waals surface area contributed by atoms with E-state index >= 15 is 0 Å². The summed E-state index contributed by atoms with van der Waals surface area (Å²) < 4.78 is 4.95. The summed E-state index contributed by atoms with van der Waals surface area (Å²) in [6, 6.07) is 1.19. The van der Waals surface area contributed by atoms with Crippen LogP contribution in [-0.4, -0.2) is 36.0 Å². The van der Waals surface area contributed by atoms with E-state index in [0.717, 1.165) is 31.9 Å². The lowest BCUT2D eigenvalue weighted by atomic mass is 9.85. The number of carbonyl (C=O) groups is 3. The fraction of sp³-hybridized carbons (Fsp3) is 0.500. The molecule has 1 saturated carbocycles. The van der Waals surface area contributed by atoms with Crippen LogP contribution in [-0.2, 0) is 4.79 Å². The molecule has 21 heavy (non-hydrogen) atoms. The van der Waals surface area contributed by atoms with Crippen molar-refractivity contribution in [2.75, 3.05) is 7.05 Å². The zero-order valence-corrected chi connectivity index (χ0v) is 11.7. The van der Waals surface area contributed by atoms with Gasteiger partial charge in [0.1, 0.15) is 6.26 Å². The smallest absolute Gasteiger partial charge is 0.338 e. The van der Waals surface area contributed by atoms with E-state index in [1.807, 2.05) is 0 Å². The van der Waals surface area contributed by atoms with E-state index in [2.05, 4.69) is 10.6 Å². The molecule has 0 aliphatic heterocycles. The number of hydrogen-bond donors (Lipinski definition) is 3. The average Bonchev–Trinajstić information content (AvgIpc) is 2.97. The van der Waals surface area contributed by atoms with Crippen molar-refractivity contribution in [3.63, 3.8) is 0 Å². The highest BCUT2D eigenvalue weighted by molar-refractivity contribution is 5.95. The Balaban J connectivity index is 1.86. The van der Waals surface area contributed by atoms with Crippen molar-refractivity contribution >= 4 is 17.8 Å². The lowest BCUT2D eigenvalue weighted by Gasteiger charge is -2.27. The molecule has 1 aliphatic rings. The van der Waals surface area contributed by atoms with Gasteiger partial charge in [0.15, 0.2) is 5.76 Å². The van der Waals surface area contributed by atoms with Crippen molar-refractivity contribution in [2.24, 2.45) is 5.92 Å². The van der Waals surface area contributed by atoms with E-state index < -0.39 is 11.9 Å². The highest BCUT2D eigenvalue weighted by Crippen LogP contribution is 2.24. The van der Waals surface area contributed by atoms with Gasteiger partial charge in [0.2, 0.25) is 5.91 Å². The van der Waals surface area contributed by atoms with Gasteiger partial charge in [0.25, 0.3) is 5.91 Å². The third-order valence-electron chi connectivity index (χ3n) is 3.75. The maximum atomic E-state index is 11.9. The molecule has 0 bridgehead atoms. The minimum Gasteiger partial charge on any atom is -0.478 e. The summed E-state index contributed by atoms with van der Waals surface area (Å²) in [6.07, 6.45) is 3.93. The SMILES string of the molecule is CNC(=O)C1CCC(NC(=O)c2cc(C(=O)O)co2)CC1. The topological polar surface area (TPSA) is 109 Å². The largest absolute Gasteiger partial charge is 0.478 e. The van der Waals surface area contributed by atoms with Crippen LogP contribution >= 0.6 is 0 Å². The highest BCUT2D eigenvalue weighted by atomic mass is 16.4. The Hall–Kier alpha value is -2.31. The predicted molar refractivity (Wildman–Crippen MR) is 72.9 cm³/mol. The Morgan fingerprint density at radius 3 is 2.43 bits per heavy atom. The summed E-state index contributed by atoms with van der Waals surface area (Å²) in [5.74, 6) is -1.53. The minimum absolute atomic E-state index is 0.00498. The first-order valence-electron chi connectivity index (χ1n) is 6.85. The standard InChI is InChI=1S/C14H18N2O5/c1-15-12(17)8-2-4-10(5-3-8)16-13(18)11-6-9(7-21-11)14(19)20/h6-8,10H,2-5H2,1H3,(H,15,17)(H,16,18)(H,19,20). The maximum absolute atomic E-state index is 11.9. The number of furan rings is 1. The highest BCUT2D eigenvalue weighted by Gasteiger charge is 2.27. The summed E-state index contributed by atoms with van der Waals surface area (Å²) in [6.45, 7) is 0. The summed E-state index contributed by atoms with van der Waals surface area (Å²) in [5, 5.41) is 14.2. The number of aromatic carboxylic acids is 1. The molecular weight excluding hydrogens is 276 g/mol. The molecule has 0 atom stereocenters. The van der Waals surface area contributed by atoms with E-state index in [9.17, 15) is 14.4 Å². The summed E-state index contributed by atoms with van der Waals surface area (Å²) in [7, 11) is 1.62. The molecule has 7 heteroatoms. The van der Waals surface area contributed by atoms with E-state index in [1.165, 1.54) is 6.07 Å². The van der Waals surface area contributed by atoms with Crippen LogP contribution < -0.4 is 10.6 Å². The average molecular weight is 294 g/mol. The molecule has 0 unspecified atom stereocenters. The fourth-order valence-corrected chi connectivity index (χ4v) is 2.53. The normalized spacial score (nSPS) is 21.6. The van der Waals surface area contributed by atoms with Crippen LogP contribution in [0.2, 0.25) is 0 Å². The van der Waals surface area contributed by atoms with Gasteiger partial charge in [-0.15, -0.1) is 0 Å². The van der Waals surface area contributed by atoms with E-state index in [-0.39, 0.29) is 29.2 Å². The molecule has 0 spiro atoms. The minimum atomic E-state index is -1.14. The molecule has 1 aromatic heterocycles. The summed E-state index contributed by atoms with van der Waals surface area (Å²) in [5.41, 5.74) is -0.0523. The lowest BCUT2D eigenvalue weighted by molar-refractivity contribution is -0.125. The van der Waals surface area contributed by atoms with Crippen LogP contribution in [0.3, 0.4) is 0 Å². The van der Waals surface area contributed by atoms with Gasteiger partial charge in [-0.1, -0.05) is 0 Å². The number of nitrogens with one attached hydrogen (secondary N) is 2.